The highest BCUT2D eigenvalue weighted by molar-refractivity contribution is 7.19. The van der Waals surface area contributed by atoms with Crippen molar-refractivity contribution in [2.24, 2.45) is 7.05 Å². The lowest BCUT2D eigenvalue weighted by molar-refractivity contribution is 0.0990. The summed E-state index contributed by atoms with van der Waals surface area (Å²) in [6, 6.07) is 20.2. The van der Waals surface area contributed by atoms with Gasteiger partial charge in [0.25, 0.3) is 0 Å². The van der Waals surface area contributed by atoms with Crippen molar-refractivity contribution in [3.05, 3.63) is 98.9 Å². The number of rotatable bonds is 2. The summed E-state index contributed by atoms with van der Waals surface area (Å²) in [7, 11) is 2.08. The van der Waals surface area contributed by atoms with Crippen LogP contribution in [-0.4, -0.2) is 16.1 Å². The van der Waals surface area contributed by atoms with Gasteiger partial charge in [0.2, 0.25) is 0 Å². The summed E-state index contributed by atoms with van der Waals surface area (Å²) in [5, 5.41) is 1.94. The van der Waals surface area contributed by atoms with E-state index in [2.05, 4.69) is 56.7 Å². The van der Waals surface area contributed by atoms with E-state index in [0.717, 1.165) is 25.9 Å². The van der Waals surface area contributed by atoms with Crippen molar-refractivity contribution < 1.29 is 9.59 Å². The normalized spacial score (nSPS) is 13.4. The molecule has 0 amide bonds. The van der Waals surface area contributed by atoms with Gasteiger partial charge in [0, 0.05) is 28.6 Å². The minimum atomic E-state index is -0.185. The summed E-state index contributed by atoms with van der Waals surface area (Å²) in [5.74, 6) is -0.371. The number of carbonyl (C=O) groups excluding carboxylic acids is 2. The van der Waals surface area contributed by atoms with Gasteiger partial charge >= 0.3 is 0 Å². The molecule has 0 N–H and O–H groups in total. The second-order valence-electron chi connectivity index (χ2n) is 9.22. The van der Waals surface area contributed by atoms with Crippen LogP contribution in [0.1, 0.15) is 42.3 Å². The summed E-state index contributed by atoms with van der Waals surface area (Å²) in [6.45, 7) is 6.44. The highest BCUT2D eigenvalue weighted by Crippen LogP contribution is 2.38. The molecule has 0 spiro atoms. The summed E-state index contributed by atoms with van der Waals surface area (Å²) < 4.78 is 3.35. The molecule has 166 valence electrons. The molecule has 0 saturated carbocycles. The minimum absolute atomic E-state index is 0.185. The Balaban J connectivity index is 1.42. The van der Waals surface area contributed by atoms with E-state index in [1.807, 2.05) is 36.4 Å². The molecule has 0 bridgehead atoms. The van der Waals surface area contributed by atoms with Gasteiger partial charge in [-0.25, -0.2) is 0 Å². The quantitative estimate of drug-likeness (QED) is 0.202. The van der Waals surface area contributed by atoms with Crippen LogP contribution < -0.4 is 0 Å². The lowest BCUT2D eigenvalue weighted by Gasteiger charge is -2.12. The monoisotopic (exact) mass is 461 g/mol. The molecule has 3 aromatic carbocycles. The number of fused-ring (bicyclic) bond motifs is 3. The van der Waals surface area contributed by atoms with Crippen LogP contribution in [0.2, 0.25) is 0 Å². The first kappa shape index (κ1) is 20.8. The van der Waals surface area contributed by atoms with Gasteiger partial charge < -0.3 is 4.57 Å². The molecule has 4 heteroatoms. The molecule has 0 aliphatic heterocycles. The molecule has 0 radical (unpaired) electrons. The minimum Gasteiger partial charge on any atom is -0.343 e. The largest absolute Gasteiger partial charge is 0.343 e. The Morgan fingerprint density at radius 3 is 1.94 bits per heavy atom. The van der Waals surface area contributed by atoms with Gasteiger partial charge in [0.15, 0.2) is 11.6 Å². The number of carbonyl (C=O) groups is 2. The fraction of sp³-hybridized carbons (Fsp3) is 0.133. The number of allylic oxidation sites excluding steroid dienone is 1. The summed E-state index contributed by atoms with van der Waals surface area (Å²) in [4.78, 5) is 27.2. The fourth-order valence-corrected chi connectivity index (χ4v) is 6.38. The van der Waals surface area contributed by atoms with Crippen LogP contribution in [0.3, 0.4) is 0 Å². The Bertz CT molecular complexity index is 1650. The van der Waals surface area contributed by atoms with Crippen molar-refractivity contribution >= 4 is 50.0 Å². The van der Waals surface area contributed by atoms with Crippen molar-refractivity contribution in [3.63, 3.8) is 0 Å². The fourth-order valence-electron chi connectivity index (χ4n) is 5.31. The lowest BCUT2D eigenvalue weighted by Crippen LogP contribution is -1.99. The maximum Gasteiger partial charge on any atom is 0.197 e. The van der Waals surface area contributed by atoms with E-state index in [1.54, 1.807) is 17.4 Å². The van der Waals surface area contributed by atoms with Crippen molar-refractivity contribution in [3.8, 4) is 11.3 Å². The molecule has 0 saturated heterocycles. The number of ketones is 2. The van der Waals surface area contributed by atoms with Crippen LogP contribution >= 0.6 is 11.3 Å². The smallest absolute Gasteiger partial charge is 0.197 e. The molecule has 6 rings (SSSR count). The van der Waals surface area contributed by atoms with Crippen LogP contribution in [0.5, 0.6) is 0 Å². The van der Waals surface area contributed by atoms with Gasteiger partial charge in [-0.1, -0.05) is 42.0 Å². The zero-order chi connectivity index (χ0) is 23.7. The summed E-state index contributed by atoms with van der Waals surface area (Å²) in [6.07, 6.45) is 1.77. The third kappa shape index (κ3) is 3.02. The Kier molecular flexibility index (Phi) is 4.51. The zero-order valence-corrected chi connectivity index (χ0v) is 20.3. The Labute approximate surface area is 202 Å². The van der Waals surface area contributed by atoms with Crippen LogP contribution in [-0.2, 0) is 7.05 Å². The van der Waals surface area contributed by atoms with Crippen molar-refractivity contribution in [1.29, 1.82) is 0 Å². The zero-order valence-electron chi connectivity index (χ0n) is 19.5. The van der Waals surface area contributed by atoms with Crippen LogP contribution in [0.4, 0.5) is 0 Å². The molecule has 5 aromatic rings. The number of hydrogen-bond acceptors (Lipinski definition) is 3. The molecular formula is C30H23NO2S. The third-order valence-electron chi connectivity index (χ3n) is 6.83. The molecule has 0 fully saturated rings. The third-order valence-corrected chi connectivity index (χ3v) is 7.85. The van der Waals surface area contributed by atoms with Crippen molar-refractivity contribution in [1.82, 2.24) is 4.57 Å². The summed E-state index contributed by atoms with van der Waals surface area (Å²) in [5.41, 5.74) is 8.61. The molecule has 0 atom stereocenters. The van der Waals surface area contributed by atoms with E-state index in [1.165, 1.54) is 27.9 Å². The molecular weight excluding hydrogens is 438 g/mol. The van der Waals surface area contributed by atoms with Gasteiger partial charge in [-0.2, -0.15) is 0 Å². The predicted molar refractivity (Wildman–Crippen MR) is 141 cm³/mol. The number of Topliss-reactive ketones (excluding diaryl/α,β-unsaturated/α-hetero) is 2. The number of thiophene rings is 1. The maximum absolute atomic E-state index is 13.1. The Morgan fingerprint density at radius 1 is 0.794 bits per heavy atom. The van der Waals surface area contributed by atoms with Crippen molar-refractivity contribution in [2.75, 3.05) is 0 Å². The van der Waals surface area contributed by atoms with E-state index in [9.17, 15) is 9.59 Å². The first-order valence-electron chi connectivity index (χ1n) is 11.3. The van der Waals surface area contributed by atoms with Crippen molar-refractivity contribution in [2.45, 2.75) is 20.8 Å². The van der Waals surface area contributed by atoms with Gasteiger partial charge in [-0.05, 0) is 73.0 Å². The molecule has 34 heavy (non-hydrogen) atoms. The maximum atomic E-state index is 13.1. The number of aryl methyl sites for hydroxylation is 4. The second-order valence-corrected chi connectivity index (χ2v) is 10.3. The molecule has 2 heterocycles. The Morgan fingerprint density at radius 2 is 1.38 bits per heavy atom. The molecule has 1 aliphatic rings. The molecule has 1 aliphatic carbocycles. The number of aromatic nitrogens is 1. The van der Waals surface area contributed by atoms with Gasteiger partial charge in [-0.3, -0.25) is 9.59 Å². The van der Waals surface area contributed by atoms with Crippen LogP contribution in [0.15, 0.2) is 66.2 Å². The van der Waals surface area contributed by atoms with E-state index in [-0.39, 0.29) is 17.1 Å². The van der Waals surface area contributed by atoms with E-state index in [0.29, 0.717) is 11.1 Å². The van der Waals surface area contributed by atoms with Gasteiger partial charge in [0.1, 0.15) is 0 Å². The highest BCUT2D eigenvalue weighted by Gasteiger charge is 2.33. The van der Waals surface area contributed by atoms with Gasteiger partial charge in [-0.15, -0.1) is 11.3 Å². The molecule has 0 unspecified atom stereocenters. The van der Waals surface area contributed by atoms with E-state index in [4.69, 9.17) is 0 Å². The van der Waals surface area contributed by atoms with Gasteiger partial charge in [0.05, 0.1) is 21.5 Å². The predicted octanol–water partition coefficient (Wildman–Crippen LogP) is 7.45. The average Bonchev–Trinajstić information content (AvgIpc) is 3.40. The number of hydrogen-bond donors (Lipinski definition) is 0. The topological polar surface area (TPSA) is 39.1 Å². The molecule has 3 nitrogen and oxygen atoms in total. The van der Waals surface area contributed by atoms with E-state index >= 15 is 0 Å². The average molecular weight is 462 g/mol. The number of benzene rings is 3. The van der Waals surface area contributed by atoms with Crippen LogP contribution in [0.25, 0.3) is 38.3 Å². The Hall–Kier alpha value is -3.76. The SMILES string of the molecule is Cc1cc(C)c(-c2cc3sc(C=C4C(=O)c5cc6ccccc6cc5C4=O)cc3n2C)c(C)c1. The molecule has 2 aromatic heterocycles. The van der Waals surface area contributed by atoms with Crippen LogP contribution in [0, 0.1) is 20.8 Å². The first-order valence-corrected chi connectivity index (χ1v) is 12.1. The standard InChI is InChI=1S/C30H23NO2S/c1-16-9-17(2)28(18(3)10-16)26-15-27-25(31(26)4)14-21(34-27)13-24-29(32)22-11-19-7-5-6-8-20(19)12-23(22)30(24)33/h5-15H,1-4H3. The first-order chi connectivity index (χ1) is 16.3. The lowest BCUT2D eigenvalue weighted by atomic mass is 9.97. The second kappa shape index (κ2) is 7.37. The van der Waals surface area contributed by atoms with E-state index < -0.39 is 0 Å². The highest BCUT2D eigenvalue weighted by atomic mass is 32.1. The summed E-state index contributed by atoms with van der Waals surface area (Å²) >= 11 is 1.61. The number of nitrogens with zero attached hydrogens (tertiary/aromatic N) is 1.